The highest BCUT2D eigenvalue weighted by molar-refractivity contribution is 7.92. The van der Waals surface area contributed by atoms with Crippen molar-refractivity contribution in [3.8, 4) is 5.75 Å². The number of sulfonamides is 1. The lowest BCUT2D eigenvalue weighted by atomic mass is 10.3. The molecule has 0 aliphatic carbocycles. The van der Waals surface area contributed by atoms with E-state index in [0.29, 0.717) is 11.4 Å². The van der Waals surface area contributed by atoms with Gasteiger partial charge in [-0.05, 0) is 62.4 Å². The van der Waals surface area contributed by atoms with E-state index in [4.69, 9.17) is 4.74 Å². The summed E-state index contributed by atoms with van der Waals surface area (Å²) < 4.78 is 45.2. The van der Waals surface area contributed by atoms with Crippen molar-refractivity contribution in [1.82, 2.24) is 5.32 Å². The first-order valence-corrected chi connectivity index (χ1v) is 9.40. The highest BCUT2D eigenvalue weighted by Crippen LogP contribution is 2.25. The Balaban J connectivity index is 2.44. The standard InChI is InChI=1S/C18H21FN2O4S/c1-13(2)20-18(22)12-21(15-6-8-16(25-3)9-7-15)26(23,24)17-10-4-14(19)5-11-17/h4-11,13H,12H2,1-3H3,(H,20,22). The van der Waals surface area contributed by atoms with Crippen LogP contribution in [0.5, 0.6) is 5.75 Å². The number of nitrogens with zero attached hydrogens (tertiary/aromatic N) is 1. The van der Waals surface area contributed by atoms with E-state index >= 15 is 0 Å². The number of ether oxygens (including phenoxy) is 1. The van der Waals surface area contributed by atoms with Gasteiger partial charge in [0.05, 0.1) is 17.7 Å². The van der Waals surface area contributed by atoms with Gasteiger partial charge in [0.15, 0.2) is 0 Å². The van der Waals surface area contributed by atoms with Gasteiger partial charge in [0.25, 0.3) is 10.0 Å². The summed E-state index contributed by atoms with van der Waals surface area (Å²) in [5, 5.41) is 2.67. The van der Waals surface area contributed by atoms with Gasteiger partial charge >= 0.3 is 0 Å². The summed E-state index contributed by atoms with van der Waals surface area (Å²) in [6, 6.07) is 10.6. The van der Waals surface area contributed by atoms with Gasteiger partial charge in [0.2, 0.25) is 5.91 Å². The van der Waals surface area contributed by atoms with E-state index in [9.17, 15) is 17.6 Å². The Bertz CT molecular complexity index is 850. The van der Waals surface area contributed by atoms with Crippen LogP contribution in [0.4, 0.5) is 10.1 Å². The SMILES string of the molecule is COc1ccc(N(CC(=O)NC(C)C)S(=O)(=O)c2ccc(F)cc2)cc1. The predicted octanol–water partition coefficient (Wildman–Crippen LogP) is 2.55. The molecule has 0 fully saturated rings. The minimum atomic E-state index is -4.06. The molecule has 0 aromatic heterocycles. The maximum atomic E-state index is 13.1. The average Bonchev–Trinajstić information content (AvgIpc) is 2.59. The summed E-state index contributed by atoms with van der Waals surface area (Å²) in [6.07, 6.45) is 0. The van der Waals surface area contributed by atoms with Gasteiger partial charge in [-0.3, -0.25) is 9.10 Å². The molecule has 0 atom stereocenters. The van der Waals surface area contributed by atoms with Crippen molar-refractivity contribution in [3.63, 3.8) is 0 Å². The fraction of sp³-hybridized carbons (Fsp3) is 0.278. The number of rotatable bonds is 7. The molecule has 0 bridgehead atoms. The van der Waals surface area contributed by atoms with Gasteiger partial charge < -0.3 is 10.1 Å². The lowest BCUT2D eigenvalue weighted by molar-refractivity contribution is -0.120. The minimum Gasteiger partial charge on any atom is -0.497 e. The van der Waals surface area contributed by atoms with Gasteiger partial charge in [0, 0.05) is 6.04 Å². The molecule has 0 saturated carbocycles. The fourth-order valence-electron chi connectivity index (χ4n) is 2.30. The molecule has 0 heterocycles. The smallest absolute Gasteiger partial charge is 0.264 e. The molecule has 140 valence electrons. The highest BCUT2D eigenvalue weighted by Gasteiger charge is 2.27. The quantitative estimate of drug-likeness (QED) is 0.801. The number of amides is 1. The number of hydrogen-bond donors (Lipinski definition) is 1. The number of halogens is 1. The summed E-state index contributed by atoms with van der Waals surface area (Å²) in [4.78, 5) is 12.1. The number of nitrogens with one attached hydrogen (secondary N) is 1. The number of hydrogen-bond acceptors (Lipinski definition) is 4. The van der Waals surface area contributed by atoms with E-state index in [0.717, 1.165) is 16.4 Å². The van der Waals surface area contributed by atoms with Crippen molar-refractivity contribution in [2.24, 2.45) is 0 Å². The van der Waals surface area contributed by atoms with E-state index < -0.39 is 28.3 Å². The van der Waals surface area contributed by atoms with Crippen molar-refractivity contribution >= 4 is 21.6 Å². The Hall–Kier alpha value is -2.61. The Morgan fingerprint density at radius 2 is 1.69 bits per heavy atom. The molecule has 2 rings (SSSR count). The zero-order valence-corrected chi connectivity index (χ0v) is 15.6. The molecule has 1 amide bonds. The third-order valence-corrected chi connectivity index (χ3v) is 5.29. The summed E-state index contributed by atoms with van der Waals surface area (Å²) >= 11 is 0. The van der Waals surface area contributed by atoms with E-state index in [1.54, 1.807) is 38.1 Å². The van der Waals surface area contributed by atoms with Gasteiger partial charge in [-0.1, -0.05) is 0 Å². The van der Waals surface area contributed by atoms with Crippen LogP contribution in [0.15, 0.2) is 53.4 Å². The van der Waals surface area contributed by atoms with Crippen LogP contribution in [0.2, 0.25) is 0 Å². The molecule has 8 heteroatoms. The topological polar surface area (TPSA) is 75.7 Å². The summed E-state index contributed by atoms with van der Waals surface area (Å²) in [6.45, 7) is 3.17. The Labute approximate surface area is 152 Å². The van der Waals surface area contributed by atoms with Crippen LogP contribution in [0.3, 0.4) is 0 Å². The van der Waals surface area contributed by atoms with Gasteiger partial charge in [0.1, 0.15) is 18.1 Å². The zero-order chi connectivity index (χ0) is 19.3. The minimum absolute atomic E-state index is 0.105. The van der Waals surface area contributed by atoms with E-state index in [2.05, 4.69) is 5.32 Å². The number of anilines is 1. The highest BCUT2D eigenvalue weighted by atomic mass is 32.2. The number of benzene rings is 2. The normalized spacial score (nSPS) is 11.3. The molecule has 1 N–H and O–H groups in total. The van der Waals surface area contributed by atoms with Crippen LogP contribution in [-0.2, 0) is 14.8 Å². The molecule has 0 unspecified atom stereocenters. The maximum absolute atomic E-state index is 13.1. The second kappa shape index (κ2) is 8.18. The van der Waals surface area contributed by atoms with Crippen molar-refractivity contribution in [2.45, 2.75) is 24.8 Å². The summed E-state index contributed by atoms with van der Waals surface area (Å²) in [5.74, 6) is -0.432. The largest absolute Gasteiger partial charge is 0.497 e. The lowest BCUT2D eigenvalue weighted by Crippen LogP contribution is -2.42. The third kappa shape index (κ3) is 4.72. The van der Waals surface area contributed by atoms with E-state index in [1.165, 1.54) is 19.2 Å². The second-order valence-electron chi connectivity index (χ2n) is 5.89. The number of methoxy groups -OCH3 is 1. The number of carbonyl (C=O) groups excluding carboxylic acids is 1. The molecule has 2 aromatic rings. The van der Waals surface area contributed by atoms with Crippen molar-refractivity contribution < 1.29 is 22.3 Å². The van der Waals surface area contributed by atoms with Crippen LogP contribution in [0.1, 0.15) is 13.8 Å². The van der Waals surface area contributed by atoms with Crippen molar-refractivity contribution in [3.05, 3.63) is 54.3 Å². The zero-order valence-electron chi connectivity index (χ0n) is 14.8. The Kier molecular flexibility index (Phi) is 6.20. The van der Waals surface area contributed by atoms with Crippen LogP contribution in [0, 0.1) is 5.82 Å². The maximum Gasteiger partial charge on any atom is 0.264 e. The first kappa shape index (κ1) is 19.7. The molecule has 0 spiro atoms. The van der Waals surface area contributed by atoms with E-state index in [-0.39, 0.29) is 10.9 Å². The first-order chi connectivity index (χ1) is 12.2. The lowest BCUT2D eigenvalue weighted by Gasteiger charge is -2.24. The molecular weight excluding hydrogens is 359 g/mol. The molecule has 0 aliphatic rings. The molecule has 0 aliphatic heterocycles. The van der Waals surface area contributed by atoms with Gasteiger partial charge in [-0.2, -0.15) is 0 Å². The van der Waals surface area contributed by atoms with Gasteiger partial charge in [-0.25, -0.2) is 12.8 Å². The molecular formula is C18H21FN2O4S. The van der Waals surface area contributed by atoms with Crippen LogP contribution < -0.4 is 14.4 Å². The average molecular weight is 380 g/mol. The van der Waals surface area contributed by atoms with Gasteiger partial charge in [-0.15, -0.1) is 0 Å². The molecule has 26 heavy (non-hydrogen) atoms. The van der Waals surface area contributed by atoms with Crippen molar-refractivity contribution in [2.75, 3.05) is 18.0 Å². The molecule has 0 saturated heterocycles. The molecule has 6 nitrogen and oxygen atoms in total. The first-order valence-electron chi connectivity index (χ1n) is 7.96. The second-order valence-corrected chi connectivity index (χ2v) is 7.75. The Morgan fingerprint density at radius 1 is 1.12 bits per heavy atom. The van der Waals surface area contributed by atoms with Crippen LogP contribution in [0.25, 0.3) is 0 Å². The third-order valence-electron chi connectivity index (χ3n) is 3.50. The summed E-state index contributed by atoms with van der Waals surface area (Å²) in [7, 11) is -2.56. The monoisotopic (exact) mass is 380 g/mol. The predicted molar refractivity (Wildman–Crippen MR) is 97.2 cm³/mol. The number of carbonyl (C=O) groups is 1. The van der Waals surface area contributed by atoms with Crippen LogP contribution >= 0.6 is 0 Å². The van der Waals surface area contributed by atoms with E-state index in [1.807, 2.05) is 0 Å². The van der Waals surface area contributed by atoms with Crippen molar-refractivity contribution in [1.29, 1.82) is 0 Å². The molecule has 0 radical (unpaired) electrons. The molecule has 2 aromatic carbocycles. The fourth-order valence-corrected chi connectivity index (χ4v) is 3.72. The summed E-state index contributed by atoms with van der Waals surface area (Å²) in [5.41, 5.74) is 0.300. The van der Waals surface area contributed by atoms with Crippen LogP contribution in [-0.4, -0.2) is 34.0 Å². The Morgan fingerprint density at radius 3 is 2.19 bits per heavy atom.